The van der Waals surface area contributed by atoms with Crippen molar-refractivity contribution in [2.75, 3.05) is 54.2 Å². The maximum Gasteiger partial charge on any atom is 0.234 e. The molecule has 9 heteroatoms. The molecule has 0 unspecified atom stereocenters. The van der Waals surface area contributed by atoms with Gasteiger partial charge in [0.1, 0.15) is 0 Å². The van der Waals surface area contributed by atoms with Crippen LogP contribution in [0.1, 0.15) is 0 Å². The Hall–Kier alpha value is -0.810. The van der Waals surface area contributed by atoms with Crippen LogP contribution < -0.4 is 0 Å². The molecule has 0 fully saturated rings. The second kappa shape index (κ2) is 18.2. The van der Waals surface area contributed by atoms with Crippen molar-refractivity contribution >= 4 is 53.5 Å². The average molecular weight is 362 g/mol. The molecule has 0 aliphatic carbocycles. The van der Waals surface area contributed by atoms with Crippen LogP contribution in [-0.2, 0) is 14.4 Å². The molecule has 0 saturated heterocycles. The van der Waals surface area contributed by atoms with E-state index in [2.05, 4.69) is 15.0 Å². The van der Waals surface area contributed by atoms with Crippen molar-refractivity contribution in [3.63, 3.8) is 0 Å². The molecule has 6 nitrogen and oxygen atoms in total. The highest BCUT2D eigenvalue weighted by Crippen LogP contribution is 2.19. The van der Waals surface area contributed by atoms with Crippen molar-refractivity contribution in [2.24, 2.45) is 20.9 Å². The van der Waals surface area contributed by atoms with E-state index in [0.717, 1.165) is 34.5 Å². The highest BCUT2D eigenvalue weighted by atomic mass is 32.2. The minimum absolute atomic E-state index is 0.503. The molecular formula is C13H19N3O3S3. The minimum Gasteiger partial charge on any atom is -0.211 e. The Morgan fingerprint density at radius 3 is 1.23 bits per heavy atom. The number of carbonyl (C=O) groups excluding carboxylic acids is 3. The third-order valence-corrected chi connectivity index (χ3v) is 5.83. The van der Waals surface area contributed by atoms with Gasteiger partial charge in [-0.1, -0.05) is 0 Å². The second-order valence-electron chi connectivity index (χ2n) is 4.01. The number of isocyanates is 3. The topological polar surface area (TPSA) is 88.3 Å². The summed E-state index contributed by atoms with van der Waals surface area (Å²) in [5.41, 5.74) is 0. The van der Waals surface area contributed by atoms with Crippen molar-refractivity contribution in [2.45, 2.75) is 0 Å². The lowest BCUT2D eigenvalue weighted by Gasteiger charge is -2.15. The first-order valence-corrected chi connectivity index (χ1v) is 10.2. The molecule has 0 aromatic heterocycles. The first-order valence-electron chi connectivity index (χ1n) is 6.69. The third kappa shape index (κ3) is 15.6. The van der Waals surface area contributed by atoms with E-state index < -0.39 is 0 Å². The lowest BCUT2D eigenvalue weighted by Crippen LogP contribution is -2.13. The standard InChI is InChI=1S/C13H19N3O3S3/c17-10-14-1-4-20-7-13(8-21-5-2-15-11-18)9-22-6-3-16-12-19/h13H,1-9H2. The van der Waals surface area contributed by atoms with Crippen molar-refractivity contribution in [3.8, 4) is 0 Å². The lowest BCUT2D eigenvalue weighted by atomic mass is 10.3. The molecule has 0 aliphatic heterocycles. The van der Waals surface area contributed by atoms with E-state index in [1.807, 2.05) is 0 Å². The van der Waals surface area contributed by atoms with E-state index in [-0.39, 0.29) is 0 Å². The lowest BCUT2D eigenvalue weighted by molar-refractivity contribution is 0.562. The van der Waals surface area contributed by atoms with Crippen molar-refractivity contribution in [1.29, 1.82) is 0 Å². The van der Waals surface area contributed by atoms with Gasteiger partial charge in [-0.3, -0.25) is 0 Å². The summed E-state index contributed by atoms with van der Waals surface area (Å²) >= 11 is 5.30. The predicted molar refractivity (Wildman–Crippen MR) is 94.4 cm³/mol. The summed E-state index contributed by atoms with van der Waals surface area (Å²) in [5.74, 6) is 5.91. The van der Waals surface area contributed by atoms with E-state index in [9.17, 15) is 14.4 Å². The van der Waals surface area contributed by atoms with Crippen LogP contribution in [0.15, 0.2) is 15.0 Å². The van der Waals surface area contributed by atoms with E-state index in [0.29, 0.717) is 25.6 Å². The SMILES string of the molecule is O=C=NCCSCC(CSCCN=C=O)CSCCN=C=O. The Balaban J connectivity index is 3.92. The fourth-order valence-electron chi connectivity index (χ4n) is 1.36. The van der Waals surface area contributed by atoms with Gasteiger partial charge in [-0.25, -0.2) is 29.4 Å². The maximum absolute atomic E-state index is 9.98. The molecule has 0 spiro atoms. The van der Waals surface area contributed by atoms with Crippen molar-refractivity contribution in [3.05, 3.63) is 0 Å². The number of hydrogen-bond donors (Lipinski definition) is 0. The van der Waals surface area contributed by atoms with Gasteiger partial charge < -0.3 is 0 Å². The number of aliphatic imine (C=N–C) groups is 3. The molecule has 22 heavy (non-hydrogen) atoms. The predicted octanol–water partition coefficient (Wildman–Crippen LogP) is 1.81. The van der Waals surface area contributed by atoms with Gasteiger partial charge in [-0.15, -0.1) is 0 Å². The van der Waals surface area contributed by atoms with Gasteiger partial charge in [0.25, 0.3) is 0 Å². The largest absolute Gasteiger partial charge is 0.234 e. The zero-order valence-corrected chi connectivity index (χ0v) is 14.7. The highest BCUT2D eigenvalue weighted by Gasteiger charge is 2.09. The molecular weight excluding hydrogens is 342 g/mol. The van der Waals surface area contributed by atoms with Crippen LogP contribution in [0.3, 0.4) is 0 Å². The number of nitrogens with zero attached hydrogens (tertiary/aromatic N) is 3. The second-order valence-corrected chi connectivity index (χ2v) is 7.46. The number of rotatable bonds is 15. The smallest absolute Gasteiger partial charge is 0.211 e. The Bertz CT molecular complexity index is 356. The van der Waals surface area contributed by atoms with Crippen LogP contribution in [0, 0.1) is 5.92 Å². The van der Waals surface area contributed by atoms with Gasteiger partial charge in [-0.2, -0.15) is 35.3 Å². The summed E-state index contributed by atoms with van der Waals surface area (Å²) in [6.07, 6.45) is 4.60. The summed E-state index contributed by atoms with van der Waals surface area (Å²) in [4.78, 5) is 40.5. The molecule has 122 valence electrons. The molecule has 0 radical (unpaired) electrons. The Morgan fingerprint density at radius 1 is 0.636 bits per heavy atom. The Morgan fingerprint density at radius 2 is 0.955 bits per heavy atom. The quantitative estimate of drug-likeness (QED) is 0.251. The van der Waals surface area contributed by atoms with Crippen molar-refractivity contribution < 1.29 is 14.4 Å². The van der Waals surface area contributed by atoms with Gasteiger partial charge in [-0.05, 0) is 23.2 Å². The minimum atomic E-state index is 0.503. The highest BCUT2D eigenvalue weighted by molar-refractivity contribution is 8.01. The van der Waals surface area contributed by atoms with Crippen LogP contribution in [0.2, 0.25) is 0 Å². The zero-order chi connectivity index (χ0) is 16.3. The van der Waals surface area contributed by atoms with Crippen LogP contribution in [-0.4, -0.2) is 72.4 Å². The zero-order valence-electron chi connectivity index (χ0n) is 12.2. The van der Waals surface area contributed by atoms with Crippen LogP contribution >= 0.6 is 35.3 Å². The summed E-state index contributed by atoms with van der Waals surface area (Å²) < 4.78 is 0. The number of hydrogen-bond acceptors (Lipinski definition) is 9. The molecule has 0 aliphatic rings. The molecule has 0 heterocycles. The van der Waals surface area contributed by atoms with E-state index >= 15 is 0 Å². The normalized spacial score (nSPS) is 10.9. The summed E-state index contributed by atoms with van der Waals surface area (Å²) in [6, 6.07) is 0. The van der Waals surface area contributed by atoms with Crippen molar-refractivity contribution in [1.82, 2.24) is 0 Å². The molecule has 0 bridgehead atoms. The third-order valence-electron chi connectivity index (χ3n) is 2.30. The van der Waals surface area contributed by atoms with Crippen LogP contribution in [0.25, 0.3) is 0 Å². The van der Waals surface area contributed by atoms with Crippen LogP contribution in [0.4, 0.5) is 0 Å². The fraction of sp³-hybridized carbons (Fsp3) is 0.769. The molecule has 0 saturated carbocycles. The Labute approximate surface area is 143 Å². The molecule has 0 aromatic carbocycles. The Kier molecular flexibility index (Phi) is 17.6. The molecule has 0 amide bonds. The maximum atomic E-state index is 9.98. The summed E-state index contributed by atoms with van der Waals surface area (Å²) in [7, 11) is 0. The fourth-order valence-corrected chi connectivity index (χ4v) is 4.68. The number of thioether (sulfide) groups is 3. The van der Waals surface area contributed by atoms with Gasteiger partial charge in [0, 0.05) is 17.3 Å². The first kappa shape index (κ1) is 21.2. The first-order chi connectivity index (χ1) is 10.8. The molecule has 0 aromatic rings. The molecule has 0 rings (SSSR count). The summed E-state index contributed by atoms with van der Waals surface area (Å²) in [6.45, 7) is 1.51. The molecule has 0 atom stereocenters. The monoisotopic (exact) mass is 361 g/mol. The van der Waals surface area contributed by atoms with Gasteiger partial charge in [0.2, 0.25) is 18.2 Å². The van der Waals surface area contributed by atoms with E-state index in [1.165, 1.54) is 18.2 Å². The van der Waals surface area contributed by atoms with E-state index in [4.69, 9.17) is 0 Å². The van der Waals surface area contributed by atoms with Gasteiger partial charge in [0.05, 0.1) is 19.6 Å². The van der Waals surface area contributed by atoms with Gasteiger partial charge in [0.15, 0.2) is 0 Å². The van der Waals surface area contributed by atoms with Gasteiger partial charge >= 0.3 is 0 Å². The molecule has 0 N–H and O–H groups in total. The summed E-state index contributed by atoms with van der Waals surface area (Å²) in [5, 5.41) is 0. The van der Waals surface area contributed by atoms with E-state index in [1.54, 1.807) is 35.3 Å². The average Bonchev–Trinajstić information content (AvgIpc) is 2.53. The van der Waals surface area contributed by atoms with Crippen LogP contribution in [0.5, 0.6) is 0 Å².